The van der Waals surface area contributed by atoms with Gasteiger partial charge in [-0.25, -0.2) is 0 Å². The van der Waals surface area contributed by atoms with E-state index in [9.17, 15) is 5.11 Å². The zero-order chi connectivity index (χ0) is 11.5. The summed E-state index contributed by atoms with van der Waals surface area (Å²) in [5.74, 6) is 0.670. The van der Waals surface area contributed by atoms with Crippen LogP contribution in [-0.2, 0) is 0 Å². The molecule has 0 heterocycles. The second-order valence-electron chi connectivity index (χ2n) is 5.62. The van der Waals surface area contributed by atoms with Gasteiger partial charge in [0.05, 0.1) is 6.61 Å². The summed E-state index contributed by atoms with van der Waals surface area (Å²) in [6.45, 7) is 0.213. The minimum atomic E-state index is 0.176. The molecule has 94 valence electrons. The molecule has 0 radical (unpaired) electrons. The van der Waals surface area contributed by atoms with Gasteiger partial charge in [-0.2, -0.15) is 0 Å². The van der Waals surface area contributed by atoms with Crippen LogP contribution < -0.4 is 5.73 Å². The summed E-state index contributed by atoms with van der Waals surface area (Å²) in [7, 11) is 2.15. The van der Waals surface area contributed by atoms with Crippen LogP contribution in [0, 0.1) is 5.92 Å². The molecule has 0 saturated heterocycles. The fraction of sp³-hybridized carbons (Fsp3) is 1.00. The molecular formula is C13H26N2O. The summed E-state index contributed by atoms with van der Waals surface area (Å²) >= 11 is 0. The van der Waals surface area contributed by atoms with Crippen molar-refractivity contribution < 1.29 is 5.11 Å². The first kappa shape index (κ1) is 12.3. The average Bonchev–Trinajstić information content (AvgIpc) is 3.14. The van der Waals surface area contributed by atoms with Gasteiger partial charge in [0.1, 0.15) is 0 Å². The van der Waals surface area contributed by atoms with Crippen LogP contribution in [0.4, 0.5) is 0 Å². The Labute approximate surface area is 99.0 Å². The lowest BCUT2D eigenvalue weighted by Gasteiger charge is -2.39. The van der Waals surface area contributed by atoms with Crippen molar-refractivity contribution in [2.24, 2.45) is 11.7 Å². The normalized spacial score (nSPS) is 27.0. The first-order valence-corrected chi connectivity index (χ1v) is 6.82. The standard InChI is InChI=1S/C13H26N2O/c1-15(11-5-3-2-4-6-11)12(9-16)13(14)10-7-8-10/h10-13,16H,2-9,14H2,1H3. The lowest BCUT2D eigenvalue weighted by Crippen LogP contribution is -2.53. The van der Waals surface area contributed by atoms with E-state index >= 15 is 0 Å². The van der Waals surface area contributed by atoms with E-state index in [4.69, 9.17) is 5.73 Å². The van der Waals surface area contributed by atoms with E-state index in [1.165, 1.54) is 44.9 Å². The number of nitrogens with zero attached hydrogens (tertiary/aromatic N) is 1. The maximum Gasteiger partial charge on any atom is 0.0602 e. The quantitative estimate of drug-likeness (QED) is 0.744. The molecule has 0 aliphatic heterocycles. The molecular weight excluding hydrogens is 200 g/mol. The van der Waals surface area contributed by atoms with Crippen molar-refractivity contribution in [2.45, 2.75) is 63.1 Å². The minimum Gasteiger partial charge on any atom is -0.395 e. The van der Waals surface area contributed by atoms with Crippen LogP contribution in [0.1, 0.15) is 44.9 Å². The molecule has 3 nitrogen and oxygen atoms in total. The highest BCUT2D eigenvalue weighted by molar-refractivity contribution is 4.94. The van der Waals surface area contributed by atoms with Crippen LogP contribution in [0.25, 0.3) is 0 Å². The van der Waals surface area contributed by atoms with Crippen molar-refractivity contribution >= 4 is 0 Å². The number of aliphatic hydroxyl groups excluding tert-OH is 1. The van der Waals surface area contributed by atoms with Gasteiger partial charge in [0, 0.05) is 18.1 Å². The Morgan fingerprint density at radius 2 is 1.81 bits per heavy atom. The third-order valence-electron chi connectivity index (χ3n) is 4.47. The predicted octanol–water partition coefficient (Wildman–Crippen LogP) is 1.35. The van der Waals surface area contributed by atoms with Gasteiger partial charge >= 0.3 is 0 Å². The van der Waals surface area contributed by atoms with Crippen molar-refractivity contribution in [1.29, 1.82) is 0 Å². The van der Waals surface area contributed by atoms with E-state index in [1.54, 1.807) is 0 Å². The molecule has 3 N–H and O–H groups in total. The van der Waals surface area contributed by atoms with E-state index in [2.05, 4.69) is 11.9 Å². The van der Waals surface area contributed by atoms with E-state index in [0.717, 1.165) is 0 Å². The van der Waals surface area contributed by atoms with Crippen molar-refractivity contribution in [3.63, 3.8) is 0 Å². The Kier molecular flexibility index (Phi) is 4.22. The van der Waals surface area contributed by atoms with E-state index in [-0.39, 0.29) is 18.7 Å². The number of likely N-dealkylation sites (N-methyl/N-ethyl adjacent to an activating group) is 1. The van der Waals surface area contributed by atoms with Gasteiger partial charge in [-0.15, -0.1) is 0 Å². The van der Waals surface area contributed by atoms with Crippen LogP contribution >= 0.6 is 0 Å². The molecule has 2 unspecified atom stereocenters. The lowest BCUT2D eigenvalue weighted by atomic mass is 9.92. The summed E-state index contributed by atoms with van der Waals surface area (Å²) in [6.07, 6.45) is 9.14. The molecule has 0 bridgehead atoms. The number of hydrogen-bond acceptors (Lipinski definition) is 3. The fourth-order valence-corrected chi connectivity index (χ4v) is 3.08. The van der Waals surface area contributed by atoms with Crippen LogP contribution in [0.5, 0.6) is 0 Å². The van der Waals surface area contributed by atoms with Gasteiger partial charge in [0.15, 0.2) is 0 Å². The number of hydrogen-bond donors (Lipinski definition) is 2. The van der Waals surface area contributed by atoms with Crippen molar-refractivity contribution in [1.82, 2.24) is 4.90 Å². The largest absolute Gasteiger partial charge is 0.395 e. The van der Waals surface area contributed by atoms with Gasteiger partial charge in [0.2, 0.25) is 0 Å². The highest BCUT2D eigenvalue weighted by Crippen LogP contribution is 2.35. The number of aliphatic hydroxyl groups is 1. The second kappa shape index (κ2) is 5.48. The summed E-state index contributed by atoms with van der Waals surface area (Å²) in [6, 6.07) is 1.00. The van der Waals surface area contributed by atoms with Crippen LogP contribution in [0.3, 0.4) is 0 Å². The molecule has 0 aromatic carbocycles. The van der Waals surface area contributed by atoms with Crippen LogP contribution in [-0.4, -0.2) is 41.8 Å². The van der Waals surface area contributed by atoms with E-state index in [1.807, 2.05) is 0 Å². The topological polar surface area (TPSA) is 49.5 Å². The molecule has 2 saturated carbocycles. The summed E-state index contributed by atoms with van der Waals surface area (Å²) in [5, 5.41) is 9.55. The predicted molar refractivity (Wildman–Crippen MR) is 66.2 cm³/mol. The zero-order valence-corrected chi connectivity index (χ0v) is 10.4. The molecule has 2 atom stereocenters. The van der Waals surface area contributed by atoms with Crippen LogP contribution in [0.2, 0.25) is 0 Å². The minimum absolute atomic E-state index is 0.176. The fourth-order valence-electron chi connectivity index (χ4n) is 3.08. The van der Waals surface area contributed by atoms with Gasteiger partial charge < -0.3 is 10.8 Å². The first-order chi connectivity index (χ1) is 7.74. The maximum absolute atomic E-state index is 9.55. The molecule has 0 amide bonds. The molecule has 0 spiro atoms. The van der Waals surface area contributed by atoms with Crippen LogP contribution in [0.15, 0.2) is 0 Å². The smallest absolute Gasteiger partial charge is 0.0602 e. The molecule has 16 heavy (non-hydrogen) atoms. The Morgan fingerprint density at radius 1 is 1.19 bits per heavy atom. The highest BCUT2D eigenvalue weighted by atomic mass is 16.3. The molecule has 3 heteroatoms. The monoisotopic (exact) mass is 226 g/mol. The van der Waals surface area contributed by atoms with Gasteiger partial charge in [-0.05, 0) is 38.6 Å². The summed E-state index contributed by atoms with van der Waals surface area (Å²) in [5.41, 5.74) is 6.24. The van der Waals surface area contributed by atoms with Gasteiger partial charge in [0.25, 0.3) is 0 Å². The van der Waals surface area contributed by atoms with Gasteiger partial charge in [-0.1, -0.05) is 19.3 Å². The molecule has 0 aromatic rings. The Bertz CT molecular complexity index is 212. The molecule has 2 aliphatic carbocycles. The molecule has 0 aromatic heterocycles. The Morgan fingerprint density at radius 3 is 2.31 bits per heavy atom. The Hall–Kier alpha value is -0.120. The SMILES string of the molecule is CN(C1CCCCC1)C(CO)C(N)C1CC1. The average molecular weight is 226 g/mol. The number of rotatable bonds is 5. The highest BCUT2D eigenvalue weighted by Gasteiger charge is 2.37. The molecule has 2 rings (SSSR count). The Balaban J connectivity index is 1.90. The number of nitrogens with two attached hydrogens (primary N) is 1. The van der Waals surface area contributed by atoms with Crippen molar-refractivity contribution in [3.8, 4) is 0 Å². The third kappa shape index (κ3) is 2.76. The second-order valence-corrected chi connectivity index (χ2v) is 5.62. The lowest BCUT2D eigenvalue weighted by molar-refractivity contribution is 0.0695. The third-order valence-corrected chi connectivity index (χ3v) is 4.47. The zero-order valence-electron chi connectivity index (χ0n) is 10.4. The first-order valence-electron chi connectivity index (χ1n) is 6.82. The van der Waals surface area contributed by atoms with Gasteiger partial charge in [-0.3, -0.25) is 4.90 Å². The summed E-state index contributed by atoms with van der Waals surface area (Å²) in [4.78, 5) is 2.36. The van der Waals surface area contributed by atoms with E-state index in [0.29, 0.717) is 12.0 Å². The molecule has 2 aliphatic rings. The van der Waals surface area contributed by atoms with Crippen molar-refractivity contribution in [2.75, 3.05) is 13.7 Å². The van der Waals surface area contributed by atoms with E-state index < -0.39 is 0 Å². The van der Waals surface area contributed by atoms with Crippen molar-refractivity contribution in [3.05, 3.63) is 0 Å². The maximum atomic E-state index is 9.55. The summed E-state index contributed by atoms with van der Waals surface area (Å²) < 4.78 is 0. The molecule has 2 fully saturated rings.